The van der Waals surface area contributed by atoms with E-state index in [1.165, 1.54) is 4.31 Å². The molecule has 160 valence electrons. The number of hydrogen-bond donors (Lipinski definition) is 2. The van der Waals surface area contributed by atoms with E-state index in [-0.39, 0.29) is 29.7 Å². The van der Waals surface area contributed by atoms with Gasteiger partial charge in [0, 0.05) is 33.3 Å². The number of nitrogens with zero attached hydrogens (tertiary/aromatic N) is 2. The third kappa shape index (κ3) is 7.75. The molecule has 0 unspecified atom stereocenters. The van der Waals surface area contributed by atoms with Gasteiger partial charge in [-0.2, -0.15) is 0 Å². The zero-order chi connectivity index (χ0) is 19.7. The molecule has 0 spiro atoms. The SMILES string of the molecule is CN=C(NCCOCCC(C)C)NCCS(=O)(=O)N1CCc2ccccc21.I. The van der Waals surface area contributed by atoms with Gasteiger partial charge >= 0.3 is 0 Å². The highest BCUT2D eigenvalue weighted by Gasteiger charge is 2.28. The average Bonchev–Trinajstić information content (AvgIpc) is 3.07. The van der Waals surface area contributed by atoms with Crippen molar-refractivity contribution in [2.45, 2.75) is 26.7 Å². The first kappa shape index (κ1) is 25.0. The molecule has 7 nitrogen and oxygen atoms in total. The minimum Gasteiger partial charge on any atom is -0.380 e. The summed E-state index contributed by atoms with van der Waals surface area (Å²) in [4.78, 5) is 4.12. The van der Waals surface area contributed by atoms with Gasteiger partial charge < -0.3 is 15.4 Å². The van der Waals surface area contributed by atoms with E-state index >= 15 is 0 Å². The van der Waals surface area contributed by atoms with E-state index in [9.17, 15) is 8.42 Å². The Bertz CT molecular complexity index is 726. The molecule has 0 amide bonds. The van der Waals surface area contributed by atoms with Gasteiger partial charge in [0.1, 0.15) is 0 Å². The molecule has 0 saturated heterocycles. The van der Waals surface area contributed by atoms with Crippen molar-refractivity contribution in [3.8, 4) is 0 Å². The van der Waals surface area contributed by atoms with E-state index in [1.807, 2.05) is 24.3 Å². The van der Waals surface area contributed by atoms with Crippen LogP contribution in [0.5, 0.6) is 0 Å². The summed E-state index contributed by atoms with van der Waals surface area (Å²) in [6.07, 6.45) is 1.81. The van der Waals surface area contributed by atoms with Gasteiger partial charge in [-0.05, 0) is 30.4 Å². The first-order valence-corrected chi connectivity index (χ1v) is 11.2. The van der Waals surface area contributed by atoms with Crippen LogP contribution in [0.1, 0.15) is 25.8 Å². The second kappa shape index (κ2) is 12.5. The molecule has 0 bridgehead atoms. The minimum absolute atomic E-state index is 0. The second-order valence-electron chi connectivity index (χ2n) is 6.99. The summed E-state index contributed by atoms with van der Waals surface area (Å²) in [5.74, 6) is 1.24. The number of ether oxygens (including phenoxy) is 1. The van der Waals surface area contributed by atoms with Crippen molar-refractivity contribution in [1.82, 2.24) is 10.6 Å². The minimum atomic E-state index is -3.35. The number of rotatable bonds is 10. The highest BCUT2D eigenvalue weighted by molar-refractivity contribution is 14.0. The molecule has 1 heterocycles. The maximum Gasteiger partial charge on any atom is 0.236 e. The normalized spacial score (nSPS) is 14.0. The Morgan fingerprint density at radius 1 is 1.21 bits per heavy atom. The van der Waals surface area contributed by atoms with Gasteiger partial charge in [0.05, 0.1) is 18.0 Å². The molecule has 0 radical (unpaired) electrons. The Hall–Kier alpha value is -1.07. The number of hydrogen-bond acceptors (Lipinski definition) is 4. The van der Waals surface area contributed by atoms with Crippen LogP contribution in [0.4, 0.5) is 5.69 Å². The van der Waals surface area contributed by atoms with Gasteiger partial charge in [-0.1, -0.05) is 32.0 Å². The van der Waals surface area contributed by atoms with E-state index in [4.69, 9.17) is 4.74 Å². The molecule has 1 aliphatic heterocycles. The molecule has 0 atom stereocenters. The van der Waals surface area contributed by atoms with Gasteiger partial charge in [0.25, 0.3) is 0 Å². The third-order valence-corrected chi connectivity index (χ3v) is 6.21. The summed E-state index contributed by atoms with van der Waals surface area (Å²) in [7, 11) is -1.69. The van der Waals surface area contributed by atoms with E-state index in [0.29, 0.717) is 38.1 Å². The molecule has 2 rings (SSSR count). The van der Waals surface area contributed by atoms with Crippen LogP contribution >= 0.6 is 24.0 Å². The largest absolute Gasteiger partial charge is 0.380 e. The van der Waals surface area contributed by atoms with Crippen molar-refractivity contribution in [2.75, 3.05) is 50.0 Å². The van der Waals surface area contributed by atoms with Crippen molar-refractivity contribution in [3.05, 3.63) is 29.8 Å². The highest BCUT2D eigenvalue weighted by atomic mass is 127. The number of benzene rings is 1. The number of guanidine groups is 1. The Morgan fingerprint density at radius 2 is 1.93 bits per heavy atom. The van der Waals surface area contributed by atoms with Gasteiger partial charge in [0.2, 0.25) is 10.0 Å². The lowest BCUT2D eigenvalue weighted by Gasteiger charge is -2.20. The predicted octanol–water partition coefficient (Wildman–Crippen LogP) is 2.22. The molecule has 28 heavy (non-hydrogen) atoms. The molecule has 9 heteroatoms. The van der Waals surface area contributed by atoms with E-state index in [1.54, 1.807) is 7.05 Å². The fourth-order valence-electron chi connectivity index (χ4n) is 2.89. The molecule has 1 aliphatic rings. The van der Waals surface area contributed by atoms with Crippen LogP contribution in [0.25, 0.3) is 0 Å². The number of nitrogens with one attached hydrogen (secondary N) is 2. The van der Waals surface area contributed by atoms with Crippen molar-refractivity contribution in [3.63, 3.8) is 0 Å². The Labute approximate surface area is 186 Å². The summed E-state index contributed by atoms with van der Waals surface area (Å²) in [5, 5.41) is 6.19. The first-order chi connectivity index (χ1) is 12.9. The van der Waals surface area contributed by atoms with Crippen molar-refractivity contribution in [2.24, 2.45) is 10.9 Å². The number of anilines is 1. The topological polar surface area (TPSA) is 83.0 Å². The predicted molar refractivity (Wildman–Crippen MR) is 126 cm³/mol. The van der Waals surface area contributed by atoms with Gasteiger partial charge in [0.15, 0.2) is 5.96 Å². The van der Waals surface area contributed by atoms with Crippen LogP contribution in [0, 0.1) is 5.92 Å². The molecule has 2 N–H and O–H groups in total. The lowest BCUT2D eigenvalue weighted by molar-refractivity contribution is 0.128. The van der Waals surface area contributed by atoms with Crippen LogP contribution in [0.2, 0.25) is 0 Å². The smallest absolute Gasteiger partial charge is 0.236 e. The molecular formula is C19H33IN4O3S. The van der Waals surface area contributed by atoms with Crippen LogP contribution in [0.3, 0.4) is 0 Å². The van der Waals surface area contributed by atoms with Gasteiger partial charge in [-0.25, -0.2) is 8.42 Å². The van der Waals surface area contributed by atoms with Crippen LogP contribution in [-0.4, -0.2) is 60.0 Å². The molecule has 0 fully saturated rings. The van der Waals surface area contributed by atoms with E-state index in [0.717, 1.165) is 30.7 Å². The Kier molecular flexibility index (Phi) is 11.1. The number of halogens is 1. The number of aliphatic imine (C=N–C) groups is 1. The molecule has 0 aromatic heterocycles. The molecule has 1 aromatic carbocycles. The molecular weight excluding hydrogens is 491 g/mol. The summed E-state index contributed by atoms with van der Waals surface area (Å²) in [5.41, 5.74) is 1.89. The zero-order valence-electron chi connectivity index (χ0n) is 17.0. The van der Waals surface area contributed by atoms with Gasteiger partial charge in [-0.3, -0.25) is 9.30 Å². The van der Waals surface area contributed by atoms with E-state index < -0.39 is 10.0 Å². The summed E-state index contributed by atoms with van der Waals surface area (Å²) >= 11 is 0. The monoisotopic (exact) mass is 524 g/mol. The zero-order valence-corrected chi connectivity index (χ0v) is 20.1. The molecule has 0 saturated carbocycles. The quantitative estimate of drug-likeness (QED) is 0.212. The summed E-state index contributed by atoms with van der Waals surface area (Å²) in [6, 6.07) is 7.67. The van der Waals surface area contributed by atoms with Crippen molar-refractivity contribution < 1.29 is 13.2 Å². The van der Waals surface area contributed by atoms with Crippen LogP contribution in [-0.2, 0) is 21.2 Å². The maximum absolute atomic E-state index is 12.7. The lowest BCUT2D eigenvalue weighted by Crippen LogP contribution is -2.42. The fourth-order valence-corrected chi connectivity index (χ4v) is 4.32. The number of para-hydroxylation sites is 1. The summed E-state index contributed by atoms with van der Waals surface area (Å²) < 4.78 is 32.4. The molecule has 0 aliphatic carbocycles. The Morgan fingerprint density at radius 3 is 2.64 bits per heavy atom. The van der Waals surface area contributed by atoms with Crippen LogP contribution in [0.15, 0.2) is 29.3 Å². The standard InChI is InChI=1S/C19H32N4O3S.HI/c1-16(2)9-13-26-14-10-21-19(20-3)22-11-15-27(24,25)23-12-8-17-6-4-5-7-18(17)23;/h4-7,16H,8-15H2,1-3H3,(H2,20,21,22);1H. The summed E-state index contributed by atoms with van der Waals surface area (Å²) in [6.45, 7) is 7.13. The van der Waals surface area contributed by atoms with Crippen molar-refractivity contribution >= 4 is 45.6 Å². The molecule has 1 aromatic rings. The first-order valence-electron chi connectivity index (χ1n) is 9.54. The highest BCUT2D eigenvalue weighted by Crippen LogP contribution is 2.29. The lowest BCUT2D eigenvalue weighted by atomic mass is 10.1. The maximum atomic E-state index is 12.7. The second-order valence-corrected chi connectivity index (χ2v) is 9.00. The Balaban J connectivity index is 0.00000392. The third-order valence-electron chi connectivity index (χ3n) is 4.43. The van der Waals surface area contributed by atoms with Crippen molar-refractivity contribution in [1.29, 1.82) is 0 Å². The van der Waals surface area contributed by atoms with E-state index in [2.05, 4.69) is 29.5 Å². The number of sulfonamides is 1. The number of fused-ring (bicyclic) bond motifs is 1. The van der Waals surface area contributed by atoms with Crippen LogP contribution < -0.4 is 14.9 Å². The average molecular weight is 524 g/mol. The van der Waals surface area contributed by atoms with Gasteiger partial charge in [-0.15, -0.1) is 24.0 Å². The fraction of sp³-hybridized carbons (Fsp3) is 0.632.